The molecule has 0 aliphatic heterocycles. The highest BCUT2D eigenvalue weighted by Crippen LogP contribution is 2.08. The van der Waals surface area contributed by atoms with Crippen LogP contribution in [0.2, 0.25) is 0 Å². The number of alkyl halides is 1. The van der Waals surface area contributed by atoms with E-state index in [2.05, 4.69) is 23.2 Å². The molecule has 0 atom stereocenters. The average molecular weight is 239 g/mol. The van der Waals surface area contributed by atoms with Gasteiger partial charge in [-0.2, -0.15) is 10.2 Å². The van der Waals surface area contributed by atoms with Gasteiger partial charge in [-0.25, -0.2) is 0 Å². The molecule has 0 fully saturated rings. The number of rotatable bonds is 4. The number of halogens is 1. The molecular weight excluding hydrogens is 224 g/mol. The van der Waals surface area contributed by atoms with Gasteiger partial charge < -0.3 is 0 Å². The lowest BCUT2D eigenvalue weighted by Gasteiger charge is -2.04. The molecule has 2 aromatic rings. The Morgan fingerprint density at radius 1 is 1.44 bits per heavy atom. The topological polar surface area (TPSA) is 35.6 Å². The van der Waals surface area contributed by atoms with Crippen molar-refractivity contribution in [3.63, 3.8) is 0 Å². The van der Waals surface area contributed by atoms with Gasteiger partial charge in [-0.1, -0.05) is 0 Å². The largest absolute Gasteiger partial charge is 0.268 e. The van der Waals surface area contributed by atoms with Crippen molar-refractivity contribution < 1.29 is 0 Å². The zero-order valence-corrected chi connectivity index (χ0v) is 10.3. The fourth-order valence-electron chi connectivity index (χ4n) is 1.73. The lowest BCUT2D eigenvalue weighted by Crippen LogP contribution is -2.08. The first-order chi connectivity index (χ1) is 7.72. The predicted octanol–water partition coefficient (Wildman–Crippen LogP) is 2.20. The fraction of sp³-hybridized carbons (Fsp3) is 0.455. The monoisotopic (exact) mass is 238 g/mol. The Labute approximate surface area is 99.8 Å². The summed E-state index contributed by atoms with van der Waals surface area (Å²) in [5, 5.41) is 8.66. The Bertz CT molecular complexity index is 472. The van der Waals surface area contributed by atoms with Crippen LogP contribution in [0.3, 0.4) is 0 Å². The summed E-state index contributed by atoms with van der Waals surface area (Å²) in [5.41, 5.74) is 3.26. The molecule has 0 aliphatic rings. The van der Waals surface area contributed by atoms with Crippen LogP contribution in [-0.2, 0) is 19.0 Å². The van der Waals surface area contributed by atoms with Gasteiger partial charge in [-0.3, -0.25) is 9.36 Å². The van der Waals surface area contributed by atoms with E-state index in [1.54, 1.807) is 6.20 Å². The summed E-state index contributed by atoms with van der Waals surface area (Å²) in [5.74, 6) is 0.506. The summed E-state index contributed by atoms with van der Waals surface area (Å²) in [6.07, 6.45) is 3.77. The van der Waals surface area contributed by atoms with E-state index in [0.29, 0.717) is 5.88 Å². The van der Waals surface area contributed by atoms with Gasteiger partial charge in [0.05, 0.1) is 30.0 Å². The van der Waals surface area contributed by atoms with Crippen molar-refractivity contribution in [3.8, 4) is 0 Å². The Morgan fingerprint density at radius 2 is 2.25 bits per heavy atom. The molecule has 2 heterocycles. The minimum atomic E-state index is 0.506. The number of hydrogen-bond donors (Lipinski definition) is 0. The number of aromatic nitrogens is 4. The van der Waals surface area contributed by atoms with E-state index in [4.69, 9.17) is 11.6 Å². The van der Waals surface area contributed by atoms with Crippen molar-refractivity contribution in [2.24, 2.45) is 0 Å². The Balaban J connectivity index is 2.19. The van der Waals surface area contributed by atoms with E-state index in [1.165, 1.54) is 5.69 Å². The lowest BCUT2D eigenvalue weighted by molar-refractivity contribution is 0.575. The van der Waals surface area contributed by atoms with E-state index in [9.17, 15) is 0 Å². The van der Waals surface area contributed by atoms with Crippen LogP contribution in [0.4, 0.5) is 0 Å². The van der Waals surface area contributed by atoms with Crippen molar-refractivity contribution >= 4 is 11.6 Å². The molecule has 0 aliphatic carbocycles. The molecule has 0 N–H and O–H groups in total. The van der Waals surface area contributed by atoms with Gasteiger partial charge >= 0.3 is 0 Å². The van der Waals surface area contributed by atoms with E-state index < -0.39 is 0 Å². The molecule has 16 heavy (non-hydrogen) atoms. The fourth-order valence-corrected chi connectivity index (χ4v) is 1.87. The normalized spacial score (nSPS) is 10.9. The summed E-state index contributed by atoms with van der Waals surface area (Å²) in [7, 11) is 0. The molecule has 2 aromatic heterocycles. The van der Waals surface area contributed by atoms with Gasteiger partial charge in [-0.05, 0) is 19.9 Å². The third-order valence-electron chi connectivity index (χ3n) is 2.45. The molecule has 0 radical (unpaired) electrons. The van der Waals surface area contributed by atoms with Crippen molar-refractivity contribution in [1.82, 2.24) is 19.6 Å². The maximum atomic E-state index is 5.74. The zero-order valence-electron chi connectivity index (χ0n) is 9.52. The third-order valence-corrected chi connectivity index (χ3v) is 2.76. The summed E-state index contributed by atoms with van der Waals surface area (Å²) >= 11 is 5.74. The standard InChI is InChI=1S/C11H15ClN4/c1-3-16-11(4-9(2)14-16)8-15-7-10(5-12)6-13-15/h4,6-7H,3,5,8H2,1-2H3. The van der Waals surface area contributed by atoms with Crippen LogP contribution in [0.1, 0.15) is 23.9 Å². The highest BCUT2D eigenvalue weighted by Gasteiger charge is 2.05. The van der Waals surface area contributed by atoms with E-state index in [1.807, 2.05) is 22.5 Å². The molecule has 4 nitrogen and oxygen atoms in total. The molecule has 0 aromatic carbocycles. The number of aryl methyl sites for hydroxylation is 2. The molecule has 0 saturated carbocycles. The van der Waals surface area contributed by atoms with Crippen LogP contribution in [0, 0.1) is 6.92 Å². The Kier molecular flexibility index (Phi) is 3.29. The minimum absolute atomic E-state index is 0.506. The van der Waals surface area contributed by atoms with Gasteiger partial charge in [0.1, 0.15) is 0 Å². The molecule has 2 rings (SSSR count). The van der Waals surface area contributed by atoms with Gasteiger partial charge in [0, 0.05) is 18.3 Å². The first-order valence-corrected chi connectivity index (χ1v) is 5.87. The average Bonchev–Trinajstić information content (AvgIpc) is 2.85. The highest BCUT2D eigenvalue weighted by atomic mass is 35.5. The van der Waals surface area contributed by atoms with Crippen molar-refractivity contribution in [2.75, 3.05) is 0 Å². The second-order valence-corrected chi connectivity index (χ2v) is 4.04. The second-order valence-electron chi connectivity index (χ2n) is 3.77. The Hall–Kier alpha value is -1.29. The zero-order chi connectivity index (χ0) is 11.5. The SMILES string of the molecule is CCn1nc(C)cc1Cn1cc(CCl)cn1. The van der Waals surface area contributed by atoms with Gasteiger partial charge in [0.15, 0.2) is 0 Å². The van der Waals surface area contributed by atoms with Gasteiger partial charge in [0.25, 0.3) is 0 Å². The van der Waals surface area contributed by atoms with Crippen LogP contribution in [0.5, 0.6) is 0 Å². The van der Waals surface area contributed by atoms with Crippen LogP contribution in [0.25, 0.3) is 0 Å². The predicted molar refractivity (Wildman–Crippen MR) is 63.5 cm³/mol. The molecular formula is C11H15ClN4. The maximum Gasteiger partial charge on any atom is 0.0828 e. The van der Waals surface area contributed by atoms with Crippen LogP contribution in [-0.4, -0.2) is 19.6 Å². The van der Waals surface area contributed by atoms with E-state index in [-0.39, 0.29) is 0 Å². The Morgan fingerprint density at radius 3 is 2.88 bits per heavy atom. The molecule has 0 spiro atoms. The smallest absolute Gasteiger partial charge is 0.0828 e. The molecule has 0 bridgehead atoms. The minimum Gasteiger partial charge on any atom is -0.268 e. The van der Waals surface area contributed by atoms with Crippen LogP contribution < -0.4 is 0 Å². The molecule has 0 amide bonds. The number of hydrogen-bond acceptors (Lipinski definition) is 2. The second kappa shape index (κ2) is 4.70. The quantitative estimate of drug-likeness (QED) is 0.766. The summed E-state index contributed by atoms with van der Waals surface area (Å²) in [6, 6.07) is 2.09. The molecule has 0 unspecified atom stereocenters. The van der Waals surface area contributed by atoms with Crippen molar-refractivity contribution in [3.05, 3.63) is 35.4 Å². The first kappa shape index (κ1) is 11.2. The summed E-state index contributed by atoms with van der Waals surface area (Å²) in [4.78, 5) is 0. The van der Waals surface area contributed by atoms with Crippen molar-refractivity contribution in [2.45, 2.75) is 32.8 Å². The van der Waals surface area contributed by atoms with Gasteiger partial charge in [-0.15, -0.1) is 11.6 Å². The van der Waals surface area contributed by atoms with Crippen LogP contribution in [0.15, 0.2) is 18.5 Å². The summed E-state index contributed by atoms with van der Waals surface area (Å²) < 4.78 is 3.89. The first-order valence-electron chi connectivity index (χ1n) is 5.33. The van der Waals surface area contributed by atoms with E-state index in [0.717, 1.165) is 24.3 Å². The highest BCUT2D eigenvalue weighted by molar-refractivity contribution is 6.17. The van der Waals surface area contributed by atoms with Crippen molar-refractivity contribution in [1.29, 1.82) is 0 Å². The third kappa shape index (κ3) is 2.27. The van der Waals surface area contributed by atoms with E-state index >= 15 is 0 Å². The molecule has 5 heteroatoms. The number of nitrogens with zero attached hydrogens (tertiary/aromatic N) is 4. The molecule has 86 valence electrons. The summed E-state index contributed by atoms with van der Waals surface area (Å²) in [6.45, 7) is 5.71. The maximum absolute atomic E-state index is 5.74. The van der Waals surface area contributed by atoms with Crippen LogP contribution >= 0.6 is 11.6 Å². The molecule has 0 saturated heterocycles. The van der Waals surface area contributed by atoms with Gasteiger partial charge in [0.2, 0.25) is 0 Å². The lowest BCUT2D eigenvalue weighted by atomic mass is 10.3.